The van der Waals surface area contributed by atoms with E-state index in [1.165, 1.54) is 17.2 Å². The predicted molar refractivity (Wildman–Crippen MR) is 47.4 cm³/mol. The van der Waals surface area contributed by atoms with E-state index >= 15 is 0 Å². The van der Waals surface area contributed by atoms with Crippen LogP contribution in [0.5, 0.6) is 0 Å². The SMILES string of the molecule is N#CC(Cl)=CSc1ncccn1. The van der Waals surface area contributed by atoms with Crippen LogP contribution in [-0.4, -0.2) is 9.97 Å². The van der Waals surface area contributed by atoms with Gasteiger partial charge < -0.3 is 0 Å². The zero-order valence-electron chi connectivity index (χ0n) is 5.94. The summed E-state index contributed by atoms with van der Waals surface area (Å²) >= 11 is 6.65. The molecule has 0 fully saturated rings. The fourth-order valence-corrected chi connectivity index (χ4v) is 1.12. The van der Waals surface area contributed by atoms with Crippen molar-refractivity contribution in [1.82, 2.24) is 9.97 Å². The lowest BCUT2D eigenvalue weighted by atomic mass is 10.7. The highest BCUT2D eigenvalue weighted by molar-refractivity contribution is 8.02. The summed E-state index contributed by atoms with van der Waals surface area (Å²) in [6.45, 7) is 0. The number of rotatable bonds is 2. The Morgan fingerprint density at radius 1 is 1.58 bits per heavy atom. The number of nitrogens with zero attached hydrogens (tertiary/aromatic N) is 3. The largest absolute Gasteiger partial charge is 0.231 e. The molecule has 12 heavy (non-hydrogen) atoms. The molecule has 0 bridgehead atoms. The van der Waals surface area contributed by atoms with Gasteiger partial charge in [0.1, 0.15) is 11.1 Å². The molecule has 0 aromatic carbocycles. The molecule has 0 aliphatic heterocycles. The smallest absolute Gasteiger partial charge is 0.191 e. The van der Waals surface area contributed by atoms with Gasteiger partial charge in [-0.05, 0) is 6.07 Å². The zero-order chi connectivity index (χ0) is 8.81. The third-order valence-electron chi connectivity index (χ3n) is 0.917. The van der Waals surface area contributed by atoms with Gasteiger partial charge in [0, 0.05) is 17.8 Å². The van der Waals surface area contributed by atoms with Crippen LogP contribution in [0.15, 0.2) is 34.1 Å². The van der Waals surface area contributed by atoms with Gasteiger partial charge in [-0.15, -0.1) is 0 Å². The molecule has 1 aromatic heterocycles. The number of allylic oxidation sites excluding steroid dienone is 1. The molecule has 0 N–H and O–H groups in total. The topological polar surface area (TPSA) is 49.6 Å². The Morgan fingerprint density at radius 3 is 2.83 bits per heavy atom. The summed E-state index contributed by atoms with van der Waals surface area (Å²) in [5.74, 6) is 0. The van der Waals surface area contributed by atoms with Crippen LogP contribution in [0.25, 0.3) is 0 Å². The van der Waals surface area contributed by atoms with Crippen LogP contribution >= 0.6 is 23.4 Å². The van der Waals surface area contributed by atoms with Crippen LogP contribution in [0.3, 0.4) is 0 Å². The fraction of sp³-hybridized carbons (Fsp3) is 0. The van der Waals surface area contributed by atoms with Crippen LogP contribution in [0.2, 0.25) is 0 Å². The van der Waals surface area contributed by atoms with Gasteiger partial charge in [-0.25, -0.2) is 9.97 Å². The van der Waals surface area contributed by atoms with E-state index < -0.39 is 0 Å². The van der Waals surface area contributed by atoms with Gasteiger partial charge in [-0.1, -0.05) is 23.4 Å². The number of aromatic nitrogens is 2. The standard InChI is InChI=1S/C7H4ClN3S/c8-6(4-9)5-12-7-10-2-1-3-11-7/h1-3,5H. The third-order valence-corrected chi connectivity index (χ3v) is 2.01. The highest BCUT2D eigenvalue weighted by atomic mass is 35.5. The lowest BCUT2D eigenvalue weighted by Crippen LogP contribution is -1.79. The molecular weight excluding hydrogens is 194 g/mol. The van der Waals surface area contributed by atoms with Crippen molar-refractivity contribution in [2.24, 2.45) is 0 Å². The summed E-state index contributed by atoms with van der Waals surface area (Å²) < 4.78 is 0. The second kappa shape index (κ2) is 4.75. The van der Waals surface area contributed by atoms with E-state index in [2.05, 4.69) is 9.97 Å². The van der Waals surface area contributed by atoms with Crippen molar-refractivity contribution in [1.29, 1.82) is 5.26 Å². The van der Waals surface area contributed by atoms with E-state index in [4.69, 9.17) is 16.9 Å². The molecule has 1 heterocycles. The monoisotopic (exact) mass is 197 g/mol. The quantitative estimate of drug-likeness (QED) is 0.414. The van der Waals surface area contributed by atoms with E-state index in [0.29, 0.717) is 5.16 Å². The first kappa shape index (κ1) is 9.04. The first-order valence-electron chi connectivity index (χ1n) is 3.02. The minimum Gasteiger partial charge on any atom is -0.231 e. The lowest BCUT2D eigenvalue weighted by molar-refractivity contribution is 0.971. The van der Waals surface area contributed by atoms with Crippen molar-refractivity contribution in [2.45, 2.75) is 5.16 Å². The van der Waals surface area contributed by atoms with Crippen molar-refractivity contribution in [2.75, 3.05) is 0 Å². The van der Waals surface area contributed by atoms with Crippen LogP contribution in [0.1, 0.15) is 0 Å². The van der Waals surface area contributed by atoms with Gasteiger partial charge in [0.05, 0.1) is 0 Å². The number of halogens is 1. The van der Waals surface area contributed by atoms with Gasteiger partial charge >= 0.3 is 0 Å². The first-order valence-corrected chi connectivity index (χ1v) is 4.28. The summed E-state index contributed by atoms with van der Waals surface area (Å²) in [7, 11) is 0. The van der Waals surface area contributed by atoms with Crippen molar-refractivity contribution >= 4 is 23.4 Å². The minimum atomic E-state index is 0.132. The maximum Gasteiger partial charge on any atom is 0.191 e. The fourth-order valence-electron chi connectivity index (χ4n) is 0.477. The molecular formula is C7H4ClN3S. The van der Waals surface area contributed by atoms with Gasteiger partial charge in [0.15, 0.2) is 5.16 Å². The molecule has 0 aliphatic carbocycles. The van der Waals surface area contributed by atoms with E-state index in [1.807, 2.05) is 0 Å². The summed E-state index contributed by atoms with van der Waals surface area (Å²) in [6.07, 6.45) is 3.26. The van der Waals surface area contributed by atoms with Gasteiger partial charge in [-0.2, -0.15) is 5.26 Å². The number of hydrogen-bond donors (Lipinski definition) is 0. The summed E-state index contributed by atoms with van der Waals surface area (Å²) in [4.78, 5) is 7.85. The van der Waals surface area contributed by atoms with Crippen LogP contribution in [0, 0.1) is 11.3 Å². The van der Waals surface area contributed by atoms with Crippen molar-refractivity contribution in [3.05, 3.63) is 28.9 Å². The van der Waals surface area contributed by atoms with Crippen LogP contribution in [-0.2, 0) is 0 Å². The Bertz CT molecular complexity index is 317. The Hall–Kier alpha value is -1.05. The number of thioether (sulfide) groups is 1. The average Bonchev–Trinajstić information content (AvgIpc) is 2.16. The molecule has 0 saturated carbocycles. The molecule has 0 atom stereocenters. The predicted octanol–water partition coefficient (Wildman–Crippen LogP) is 2.17. The van der Waals surface area contributed by atoms with Crippen LogP contribution < -0.4 is 0 Å². The number of hydrogen-bond acceptors (Lipinski definition) is 4. The summed E-state index contributed by atoms with van der Waals surface area (Å²) in [5, 5.41) is 10.5. The average molecular weight is 198 g/mol. The minimum absolute atomic E-state index is 0.132. The van der Waals surface area contributed by atoms with Gasteiger partial charge in [0.2, 0.25) is 0 Å². The molecule has 0 spiro atoms. The molecule has 5 heteroatoms. The van der Waals surface area contributed by atoms with Crippen LogP contribution in [0.4, 0.5) is 0 Å². The normalized spacial score (nSPS) is 10.8. The molecule has 60 valence electrons. The Balaban J connectivity index is 2.61. The van der Waals surface area contributed by atoms with Crippen molar-refractivity contribution < 1.29 is 0 Å². The Labute approximate surface area is 79.1 Å². The van der Waals surface area contributed by atoms with E-state index in [-0.39, 0.29) is 5.03 Å². The molecule has 0 aliphatic rings. The highest BCUT2D eigenvalue weighted by Crippen LogP contribution is 2.16. The second-order valence-corrected chi connectivity index (χ2v) is 2.97. The Morgan fingerprint density at radius 2 is 2.25 bits per heavy atom. The van der Waals surface area contributed by atoms with E-state index in [0.717, 1.165) is 0 Å². The third kappa shape index (κ3) is 2.91. The highest BCUT2D eigenvalue weighted by Gasteiger charge is 1.92. The Kier molecular flexibility index (Phi) is 3.58. The summed E-state index contributed by atoms with van der Waals surface area (Å²) in [5.41, 5.74) is 0. The molecule has 0 radical (unpaired) electrons. The van der Waals surface area contributed by atoms with Crippen molar-refractivity contribution in [3.8, 4) is 6.07 Å². The maximum atomic E-state index is 8.31. The van der Waals surface area contributed by atoms with E-state index in [9.17, 15) is 0 Å². The zero-order valence-corrected chi connectivity index (χ0v) is 7.51. The molecule has 1 rings (SSSR count). The molecule has 0 unspecified atom stereocenters. The first-order chi connectivity index (χ1) is 5.83. The van der Waals surface area contributed by atoms with Gasteiger partial charge in [0.25, 0.3) is 0 Å². The lowest BCUT2D eigenvalue weighted by Gasteiger charge is -1.90. The summed E-state index contributed by atoms with van der Waals surface area (Å²) in [6, 6.07) is 3.51. The van der Waals surface area contributed by atoms with E-state index in [1.54, 1.807) is 24.5 Å². The molecule has 0 saturated heterocycles. The van der Waals surface area contributed by atoms with Gasteiger partial charge in [-0.3, -0.25) is 0 Å². The number of nitriles is 1. The molecule has 1 aromatic rings. The second-order valence-electron chi connectivity index (χ2n) is 1.73. The maximum absolute atomic E-state index is 8.31. The molecule has 3 nitrogen and oxygen atoms in total. The molecule has 0 amide bonds. The van der Waals surface area contributed by atoms with Crippen molar-refractivity contribution in [3.63, 3.8) is 0 Å².